The van der Waals surface area contributed by atoms with Gasteiger partial charge in [-0.25, -0.2) is 4.98 Å². The van der Waals surface area contributed by atoms with E-state index < -0.39 is 5.91 Å². The number of primary amides is 1. The molecule has 2 aliphatic carbocycles. The van der Waals surface area contributed by atoms with Crippen LogP contribution in [0.15, 0.2) is 30.5 Å². The number of allylic oxidation sites excluding steroid dienone is 2. The maximum Gasteiger partial charge on any atom is 0.250 e. The fourth-order valence-corrected chi connectivity index (χ4v) is 3.88. The Hall–Kier alpha value is -2.73. The van der Waals surface area contributed by atoms with Crippen molar-refractivity contribution in [3.05, 3.63) is 59.0 Å². The van der Waals surface area contributed by atoms with Crippen molar-refractivity contribution < 1.29 is 4.79 Å². The van der Waals surface area contributed by atoms with E-state index in [0.717, 1.165) is 24.4 Å². The molecule has 0 radical (unpaired) electrons. The fourth-order valence-electron chi connectivity index (χ4n) is 3.88. The van der Waals surface area contributed by atoms with Crippen molar-refractivity contribution in [2.24, 2.45) is 5.73 Å². The average molecular weight is 349 g/mol. The van der Waals surface area contributed by atoms with Gasteiger partial charge in [-0.05, 0) is 50.4 Å². The summed E-state index contributed by atoms with van der Waals surface area (Å²) in [7, 11) is 2.10. The van der Waals surface area contributed by atoms with E-state index in [0.29, 0.717) is 24.2 Å². The van der Waals surface area contributed by atoms with E-state index in [1.807, 2.05) is 30.5 Å². The molecule has 1 atom stereocenters. The smallest absolute Gasteiger partial charge is 0.250 e. The van der Waals surface area contributed by atoms with E-state index in [1.165, 1.54) is 17.7 Å². The minimum Gasteiger partial charge on any atom is -0.366 e. The van der Waals surface area contributed by atoms with E-state index in [2.05, 4.69) is 33.0 Å². The third kappa shape index (κ3) is 3.08. The van der Waals surface area contributed by atoms with Gasteiger partial charge >= 0.3 is 0 Å². The number of fused-ring (bicyclic) bond motifs is 2. The predicted octanol–water partition coefficient (Wildman–Crippen LogP) is 2.60. The molecule has 134 valence electrons. The number of nitrogens with zero attached hydrogens (tertiary/aromatic N) is 3. The number of imidazole rings is 1. The number of hydrogen-bond donors (Lipinski definition) is 2. The molecule has 0 saturated carbocycles. The molecule has 0 saturated heterocycles. The van der Waals surface area contributed by atoms with Crippen molar-refractivity contribution in [2.45, 2.75) is 38.3 Å². The summed E-state index contributed by atoms with van der Waals surface area (Å²) in [5, 5.41) is 0. The van der Waals surface area contributed by atoms with E-state index in [9.17, 15) is 4.79 Å². The number of pyridine rings is 1. The van der Waals surface area contributed by atoms with Crippen molar-refractivity contribution in [1.82, 2.24) is 19.9 Å². The highest BCUT2D eigenvalue weighted by molar-refractivity contribution is 6.19. The lowest BCUT2D eigenvalue weighted by atomic mass is 9.91. The van der Waals surface area contributed by atoms with Crippen LogP contribution < -0.4 is 5.73 Å². The normalized spacial score (nSPS) is 18.8. The molecule has 0 fully saturated rings. The van der Waals surface area contributed by atoms with Crippen LogP contribution in [0.3, 0.4) is 0 Å². The van der Waals surface area contributed by atoms with Gasteiger partial charge in [0.1, 0.15) is 11.5 Å². The Labute approximate surface area is 152 Å². The van der Waals surface area contributed by atoms with Gasteiger partial charge in [0.05, 0.1) is 29.5 Å². The summed E-state index contributed by atoms with van der Waals surface area (Å²) in [6.07, 6.45) is 11.7. The minimum absolute atomic E-state index is 0.284. The molecule has 2 aliphatic rings. The summed E-state index contributed by atoms with van der Waals surface area (Å²) >= 11 is 0. The molecule has 2 heterocycles. The van der Waals surface area contributed by atoms with Gasteiger partial charge in [-0.3, -0.25) is 14.7 Å². The topological polar surface area (TPSA) is 87.9 Å². The number of H-pyrrole nitrogens is 1. The van der Waals surface area contributed by atoms with Gasteiger partial charge < -0.3 is 10.7 Å². The van der Waals surface area contributed by atoms with E-state index >= 15 is 0 Å². The van der Waals surface area contributed by atoms with Gasteiger partial charge in [-0.1, -0.05) is 18.2 Å². The van der Waals surface area contributed by atoms with Gasteiger partial charge in [0, 0.05) is 6.20 Å². The van der Waals surface area contributed by atoms with Crippen LogP contribution in [-0.2, 0) is 17.8 Å². The van der Waals surface area contributed by atoms with Crippen molar-refractivity contribution in [3.8, 4) is 0 Å². The number of carbonyl (C=O) groups excluding carboxylic acids is 1. The van der Waals surface area contributed by atoms with Gasteiger partial charge in [0.15, 0.2) is 0 Å². The molecule has 0 aliphatic heterocycles. The number of aryl methyl sites for hydroxylation is 1. The Morgan fingerprint density at radius 1 is 1.46 bits per heavy atom. The first-order valence-electron chi connectivity index (χ1n) is 9.03. The minimum atomic E-state index is -0.438. The molecular formula is C20H23N5O. The van der Waals surface area contributed by atoms with Gasteiger partial charge in [-0.2, -0.15) is 0 Å². The zero-order valence-electron chi connectivity index (χ0n) is 14.9. The first-order valence-corrected chi connectivity index (χ1v) is 9.03. The summed E-state index contributed by atoms with van der Waals surface area (Å²) in [6.45, 7) is 0.660. The number of nitrogens with one attached hydrogen (secondary N) is 1. The maximum absolute atomic E-state index is 11.7. The fraction of sp³-hybridized carbons (Fsp3) is 0.350. The largest absolute Gasteiger partial charge is 0.366 e. The highest BCUT2D eigenvalue weighted by Gasteiger charge is 2.26. The van der Waals surface area contributed by atoms with Crippen LogP contribution in [0.25, 0.3) is 11.6 Å². The number of aromatic nitrogens is 3. The Morgan fingerprint density at radius 3 is 3.19 bits per heavy atom. The van der Waals surface area contributed by atoms with Crippen LogP contribution >= 0.6 is 0 Å². The number of amides is 1. The predicted molar refractivity (Wildman–Crippen MR) is 101 cm³/mol. The molecular weight excluding hydrogens is 326 g/mol. The van der Waals surface area contributed by atoms with Crippen molar-refractivity contribution in [1.29, 1.82) is 0 Å². The summed E-state index contributed by atoms with van der Waals surface area (Å²) < 4.78 is 0. The molecule has 0 spiro atoms. The second kappa shape index (κ2) is 6.88. The Balaban J connectivity index is 1.59. The SMILES string of the molecule is CN(Cc1nc2c([nH]1)C=CCC=C2C(N)=O)C1CCCc2cccnc21. The van der Waals surface area contributed by atoms with E-state index in [4.69, 9.17) is 5.73 Å². The van der Waals surface area contributed by atoms with Crippen LogP contribution in [0.1, 0.15) is 53.8 Å². The van der Waals surface area contributed by atoms with Crippen molar-refractivity contribution in [3.63, 3.8) is 0 Å². The molecule has 6 nitrogen and oxygen atoms in total. The lowest BCUT2D eigenvalue weighted by Gasteiger charge is -2.31. The maximum atomic E-state index is 11.7. The number of hydrogen-bond acceptors (Lipinski definition) is 4. The molecule has 3 N–H and O–H groups in total. The van der Waals surface area contributed by atoms with Gasteiger partial charge in [0.25, 0.3) is 5.91 Å². The van der Waals surface area contributed by atoms with E-state index in [-0.39, 0.29) is 6.04 Å². The second-order valence-electron chi connectivity index (χ2n) is 6.94. The molecule has 1 unspecified atom stereocenters. The first kappa shape index (κ1) is 16.7. The van der Waals surface area contributed by atoms with Gasteiger partial charge in [0.2, 0.25) is 0 Å². The number of carbonyl (C=O) groups is 1. The summed E-state index contributed by atoms with van der Waals surface area (Å²) in [5.41, 5.74) is 10.0. The molecule has 26 heavy (non-hydrogen) atoms. The zero-order valence-corrected chi connectivity index (χ0v) is 14.9. The highest BCUT2D eigenvalue weighted by Crippen LogP contribution is 2.32. The molecule has 2 aromatic heterocycles. The summed E-state index contributed by atoms with van der Waals surface area (Å²) in [6, 6.07) is 4.47. The standard InChI is InChI=1S/C20H23N5O/c1-25(16-10-4-6-13-7-5-11-22-18(13)16)12-17-23-15-9-3-2-8-14(20(21)26)19(15)24-17/h3,5,7-9,11,16H,2,4,6,10,12H2,1H3,(H2,21,26)(H,23,24). The molecule has 2 aromatic rings. The average Bonchev–Trinajstić information content (AvgIpc) is 2.92. The molecule has 1 amide bonds. The molecule has 0 bridgehead atoms. The van der Waals surface area contributed by atoms with Crippen LogP contribution in [0, 0.1) is 0 Å². The third-order valence-corrected chi connectivity index (χ3v) is 5.14. The number of rotatable bonds is 4. The third-order valence-electron chi connectivity index (χ3n) is 5.14. The van der Waals surface area contributed by atoms with Crippen LogP contribution in [0.2, 0.25) is 0 Å². The Kier molecular flexibility index (Phi) is 4.42. The quantitative estimate of drug-likeness (QED) is 0.888. The lowest BCUT2D eigenvalue weighted by Crippen LogP contribution is -2.28. The molecule has 6 heteroatoms. The number of aromatic amines is 1. The van der Waals surface area contributed by atoms with Crippen LogP contribution in [0.5, 0.6) is 0 Å². The van der Waals surface area contributed by atoms with E-state index in [1.54, 1.807) is 0 Å². The van der Waals surface area contributed by atoms with Crippen molar-refractivity contribution >= 4 is 17.6 Å². The second-order valence-corrected chi connectivity index (χ2v) is 6.94. The highest BCUT2D eigenvalue weighted by atomic mass is 16.1. The van der Waals surface area contributed by atoms with Gasteiger partial charge in [-0.15, -0.1) is 0 Å². The van der Waals surface area contributed by atoms with Crippen LogP contribution in [-0.4, -0.2) is 32.8 Å². The lowest BCUT2D eigenvalue weighted by molar-refractivity contribution is -0.112. The molecule has 4 rings (SSSR count). The summed E-state index contributed by atoms with van der Waals surface area (Å²) in [4.78, 5) is 26.7. The first-order chi connectivity index (χ1) is 12.6. The monoisotopic (exact) mass is 349 g/mol. The van der Waals surface area contributed by atoms with Crippen LogP contribution in [0.4, 0.5) is 0 Å². The summed E-state index contributed by atoms with van der Waals surface area (Å²) in [5.74, 6) is 0.394. The molecule has 0 aromatic carbocycles. The Bertz CT molecular complexity index is 895. The number of nitrogens with two attached hydrogens (primary N) is 1. The Morgan fingerprint density at radius 2 is 2.35 bits per heavy atom. The zero-order chi connectivity index (χ0) is 18.1. The van der Waals surface area contributed by atoms with Crippen molar-refractivity contribution in [2.75, 3.05) is 7.05 Å².